The monoisotopic (exact) mass is 446 g/mol. The first-order valence-electron chi connectivity index (χ1n) is 9.82. The Balaban J connectivity index is 1.87. The molecule has 0 saturated heterocycles. The maximum Gasteiger partial charge on any atom is 0.420 e. The van der Waals surface area contributed by atoms with Crippen molar-refractivity contribution >= 4 is 16.6 Å². The molecule has 0 bridgehead atoms. The highest BCUT2D eigenvalue weighted by atomic mass is 19.4. The lowest BCUT2D eigenvalue weighted by molar-refractivity contribution is -0.169. The Hall–Kier alpha value is -3.42. The van der Waals surface area contributed by atoms with E-state index in [0.29, 0.717) is 34.3 Å². The molecule has 1 atom stereocenters. The molecule has 0 amide bonds. The molecule has 8 heteroatoms. The predicted molar refractivity (Wildman–Crippen MR) is 109 cm³/mol. The van der Waals surface area contributed by atoms with Gasteiger partial charge in [0.05, 0.1) is 5.56 Å². The summed E-state index contributed by atoms with van der Waals surface area (Å²) >= 11 is 0. The van der Waals surface area contributed by atoms with Crippen LogP contribution in [0, 0.1) is 0 Å². The Morgan fingerprint density at radius 3 is 2.09 bits per heavy atom. The number of aromatic amines is 1. The van der Waals surface area contributed by atoms with Crippen LogP contribution in [0.15, 0.2) is 72.8 Å². The number of fused-ring (bicyclic) bond motifs is 4. The second-order valence-electron chi connectivity index (χ2n) is 7.81. The van der Waals surface area contributed by atoms with E-state index in [9.17, 15) is 13.2 Å². The van der Waals surface area contributed by atoms with E-state index in [2.05, 4.69) is 10.3 Å². The minimum absolute atomic E-state index is 0.0310. The van der Waals surface area contributed by atoms with Gasteiger partial charge in [0.2, 0.25) is 0 Å². The summed E-state index contributed by atoms with van der Waals surface area (Å²) in [6.45, 7) is 0. The van der Waals surface area contributed by atoms with Gasteiger partial charge >= 0.3 is 12.4 Å². The summed E-state index contributed by atoms with van der Waals surface area (Å²) in [5.74, 6) is 0. The van der Waals surface area contributed by atoms with Gasteiger partial charge in [-0.3, -0.25) is 0 Å². The number of halogens is 6. The Kier molecular flexibility index (Phi) is 4.34. The zero-order valence-electron chi connectivity index (χ0n) is 16.4. The molecule has 2 heterocycles. The molecule has 1 aliphatic rings. The maximum atomic E-state index is 15.1. The van der Waals surface area contributed by atoms with E-state index in [-0.39, 0.29) is 23.2 Å². The third-order valence-electron chi connectivity index (χ3n) is 5.94. The first-order chi connectivity index (χ1) is 15.1. The fourth-order valence-corrected chi connectivity index (χ4v) is 4.51. The maximum absolute atomic E-state index is 15.1. The molecule has 1 aromatic heterocycles. The molecule has 5 rings (SSSR count). The van der Waals surface area contributed by atoms with Crippen molar-refractivity contribution in [2.75, 3.05) is 5.32 Å². The van der Waals surface area contributed by atoms with Gasteiger partial charge in [-0.15, -0.1) is 0 Å². The van der Waals surface area contributed by atoms with Gasteiger partial charge in [0.1, 0.15) is 0 Å². The van der Waals surface area contributed by atoms with Crippen LogP contribution in [0.1, 0.15) is 27.9 Å². The molecule has 0 fully saturated rings. The molecule has 164 valence electrons. The van der Waals surface area contributed by atoms with Crippen LogP contribution in [-0.4, -0.2) is 11.2 Å². The average Bonchev–Trinajstić information content (AvgIpc) is 3.02. The second kappa shape index (κ2) is 6.79. The Bertz CT molecular complexity index is 1300. The second-order valence-corrected chi connectivity index (χ2v) is 7.81. The number of hydrogen-bond acceptors (Lipinski definition) is 1. The number of benzene rings is 3. The summed E-state index contributed by atoms with van der Waals surface area (Å²) in [4.78, 5) is 3.11. The Morgan fingerprint density at radius 1 is 0.750 bits per heavy atom. The van der Waals surface area contributed by atoms with Crippen LogP contribution in [0.5, 0.6) is 0 Å². The van der Waals surface area contributed by atoms with Crippen LogP contribution < -0.4 is 5.32 Å². The van der Waals surface area contributed by atoms with Crippen LogP contribution in [-0.2, 0) is 18.1 Å². The van der Waals surface area contributed by atoms with E-state index in [1.807, 2.05) is 0 Å². The predicted octanol–water partition coefficient (Wildman–Crippen LogP) is 7.01. The standard InChI is InChI=1S/C24H16F6N2/c25-23(26,27)16-11-9-15(10-12-16)22(24(28,29)30)21-17-6-2-4-8-19(17)31-20(21)13-14-5-1-3-7-18(14)32-22/h1-12,31-32H,13H2/t22-/m0/s1. The molecule has 0 radical (unpaired) electrons. The van der Waals surface area contributed by atoms with Gasteiger partial charge < -0.3 is 10.3 Å². The van der Waals surface area contributed by atoms with Crippen molar-refractivity contribution in [3.8, 4) is 0 Å². The third-order valence-corrected chi connectivity index (χ3v) is 5.94. The first kappa shape index (κ1) is 20.5. The molecule has 0 aliphatic carbocycles. The van der Waals surface area contributed by atoms with Crippen molar-refractivity contribution in [3.63, 3.8) is 0 Å². The van der Waals surface area contributed by atoms with Crippen molar-refractivity contribution < 1.29 is 26.3 Å². The van der Waals surface area contributed by atoms with Gasteiger partial charge in [0.25, 0.3) is 0 Å². The lowest BCUT2D eigenvalue weighted by Gasteiger charge is -2.38. The van der Waals surface area contributed by atoms with E-state index in [4.69, 9.17) is 0 Å². The minimum Gasteiger partial charge on any atom is -0.364 e. The molecular formula is C24H16F6N2. The van der Waals surface area contributed by atoms with E-state index < -0.39 is 23.5 Å². The number of aromatic nitrogens is 1. The summed E-state index contributed by atoms with van der Waals surface area (Å²) < 4.78 is 84.6. The summed E-state index contributed by atoms with van der Waals surface area (Å²) in [5.41, 5.74) is -2.29. The number of nitrogens with one attached hydrogen (secondary N) is 2. The number of rotatable bonds is 1. The molecule has 2 nitrogen and oxygen atoms in total. The lowest BCUT2D eigenvalue weighted by Crippen LogP contribution is -2.50. The van der Waals surface area contributed by atoms with Crippen LogP contribution >= 0.6 is 0 Å². The Labute approximate surface area is 178 Å². The highest BCUT2D eigenvalue weighted by Crippen LogP contribution is 2.52. The molecule has 0 spiro atoms. The summed E-state index contributed by atoms with van der Waals surface area (Å²) in [6.07, 6.45) is -9.31. The number of H-pyrrole nitrogens is 1. The molecule has 4 aromatic rings. The van der Waals surface area contributed by atoms with Gasteiger partial charge in [0.15, 0.2) is 5.54 Å². The Morgan fingerprint density at radius 2 is 1.41 bits per heavy atom. The SMILES string of the molecule is FC(F)(F)c1ccc([C@]2(C(F)(F)F)Nc3ccccc3Cc3[nH]c4ccccc4c32)cc1. The average molecular weight is 446 g/mol. The van der Waals surface area contributed by atoms with E-state index in [0.717, 1.165) is 12.1 Å². The number of alkyl halides is 6. The summed E-state index contributed by atoms with van der Waals surface area (Å²) in [5, 5.41) is 3.06. The largest absolute Gasteiger partial charge is 0.420 e. The highest BCUT2D eigenvalue weighted by Gasteiger charge is 2.60. The van der Waals surface area contributed by atoms with E-state index in [1.54, 1.807) is 48.5 Å². The molecule has 0 saturated carbocycles. The smallest absolute Gasteiger partial charge is 0.364 e. The van der Waals surface area contributed by atoms with Crippen molar-refractivity contribution in [2.24, 2.45) is 0 Å². The van der Waals surface area contributed by atoms with Gasteiger partial charge in [-0.2, -0.15) is 26.3 Å². The first-order valence-corrected chi connectivity index (χ1v) is 9.82. The summed E-state index contributed by atoms with van der Waals surface area (Å²) in [6, 6.07) is 16.5. The van der Waals surface area contributed by atoms with Crippen LogP contribution in [0.3, 0.4) is 0 Å². The van der Waals surface area contributed by atoms with Crippen LogP contribution in [0.2, 0.25) is 0 Å². The molecule has 0 unspecified atom stereocenters. The van der Waals surface area contributed by atoms with E-state index in [1.165, 1.54) is 0 Å². The topological polar surface area (TPSA) is 27.8 Å². The normalized spacial score (nSPS) is 18.6. The number of hydrogen-bond donors (Lipinski definition) is 2. The van der Waals surface area contributed by atoms with Gasteiger partial charge in [-0.05, 0) is 35.4 Å². The van der Waals surface area contributed by atoms with Crippen molar-refractivity contribution in [3.05, 3.63) is 101 Å². The van der Waals surface area contributed by atoms with Crippen molar-refractivity contribution in [1.82, 2.24) is 4.98 Å². The van der Waals surface area contributed by atoms with Crippen molar-refractivity contribution in [1.29, 1.82) is 0 Å². The van der Waals surface area contributed by atoms with Gasteiger partial charge in [0, 0.05) is 34.3 Å². The third kappa shape index (κ3) is 2.97. The van der Waals surface area contributed by atoms with Gasteiger partial charge in [-0.1, -0.05) is 48.5 Å². The summed E-state index contributed by atoms with van der Waals surface area (Å²) in [7, 11) is 0. The van der Waals surface area contributed by atoms with E-state index >= 15 is 13.2 Å². The molecular weight excluding hydrogens is 430 g/mol. The fourth-order valence-electron chi connectivity index (χ4n) is 4.51. The fraction of sp³-hybridized carbons (Fsp3) is 0.167. The minimum atomic E-state index is -4.87. The molecule has 3 aromatic carbocycles. The lowest BCUT2D eigenvalue weighted by atomic mass is 9.80. The zero-order valence-corrected chi connectivity index (χ0v) is 16.4. The van der Waals surface area contributed by atoms with Crippen LogP contribution in [0.25, 0.3) is 10.9 Å². The molecule has 1 aliphatic heterocycles. The van der Waals surface area contributed by atoms with Crippen LogP contribution in [0.4, 0.5) is 32.0 Å². The van der Waals surface area contributed by atoms with Crippen molar-refractivity contribution in [2.45, 2.75) is 24.3 Å². The molecule has 2 N–H and O–H groups in total. The highest BCUT2D eigenvalue weighted by molar-refractivity contribution is 5.88. The quantitative estimate of drug-likeness (QED) is 0.303. The number of anilines is 1. The van der Waals surface area contributed by atoms with Gasteiger partial charge in [-0.25, -0.2) is 0 Å². The number of para-hydroxylation sites is 2. The molecule has 32 heavy (non-hydrogen) atoms. The zero-order chi connectivity index (χ0) is 22.7.